The van der Waals surface area contributed by atoms with Gasteiger partial charge in [0.2, 0.25) is 0 Å². The molecule has 0 saturated carbocycles. The Bertz CT molecular complexity index is 115. The number of likely N-dealkylation sites (N-methyl/N-ethyl adjacent to an activating group) is 1. The smallest absolute Gasteiger partial charge is 0.0728 e. The highest BCUT2D eigenvalue weighted by Crippen LogP contribution is 2.18. The summed E-state index contributed by atoms with van der Waals surface area (Å²) < 4.78 is 5.78. The van der Waals surface area contributed by atoms with E-state index in [1.807, 2.05) is 0 Å². The first-order chi connectivity index (χ1) is 6.38. The summed E-state index contributed by atoms with van der Waals surface area (Å²) in [4.78, 5) is 0. The van der Waals surface area contributed by atoms with Gasteiger partial charge in [0.15, 0.2) is 0 Å². The normalized spacial score (nSPS) is 25.8. The van der Waals surface area contributed by atoms with E-state index in [0.717, 1.165) is 13.2 Å². The molecule has 1 saturated heterocycles. The Morgan fingerprint density at radius 3 is 2.77 bits per heavy atom. The van der Waals surface area contributed by atoms with E-state index in [1.165, 1.54) is 32.1 Å². The van der Waals surface area contributed by atoms with Crippen LogP contribution in [0.5, 0.6) is 0 Å². The van der Waals surface area contributed by atoms with Gasteiger partial charge in [0.05, 0.1) is 6.10 Å². The molecule has 2 unspecified atom stereocenters. The predicted octanol–water partition coefficient (Wildman–Crippen LogP) is 2.33. The van der Waals surface area contributed by atoms with Crippen LogP contribution in [0.2, 0.25) is 0 Å². The monoisotopic (exact) mass is 185 g/mol. The van der Waals surface area contributed by atoms with Crippen molar-refractivity contribution in [2.75, 3.05) is 13.2 Å². The molecule has 2 atom stereocenters. The van der Waals surface area contributed by atoms with Crippen LogP contribution in [0.15, 0.2) is 0 Å². The average Bonchev–Trinajstić information content (AvgIpc) is 2.19. The maximum absolute atomic E-state index is 5.78. The van der Waals surface area contributed by atoms with Crippen molar-refractivity contribution in [1.82, 2.24) is 5.32 Å². The second kappa shape index (κ2) is 6.39. The Labute approximate surface area is 82.0 Å². The van der Waals surface area contributed by atoms with Gasteiger partial charge in [-0.1, -0.05) is 20.3 Å². The summed E-state index contributed by atoms with van der Waals surface area (Å²) in [5.74, 6) is 0. The van der Waals surface area contributed by atoms with Crippen LogP contribution in [0.25, 0.3) is 0 Å². The number of rotatable bonds is 5. The lowest BCUT2D eigenvalue weighted by Crippen LogP contribution is -2.42. The maximum atomic E-state index is 5.78. The minimum absolute atomic E-state index is 0.480. The summed E-state index contributed by atoms with van der Waals surface area (Å²) in [7, 11) is 0. The molecule has 0 aromatic heterocycles. The third kappa shape index (κ3) is 3.65. The van der Waals surface area contributed by atoms with Crippen LogP contribution < -0.4 is 5.32 Å². The highest BCUT2D eigenvalue weighted by atomic mass is 16.5. The fourth-order valence-corrected chi connectivity index (χ4v) is 2.08. The zero-order valence-electron chi connectivity index (χ0n) is 9.01. The van der Waals surface area contributed by atoms with E-state index >= 15 is 0 Å². The van der Waals surface area contributed by atoms with E-state index < -0.39 is 0 Å². The highest BCUT2D eigenvalue weighted by molar-refractivity contribution is 4.78. The summed E-state index contributed by atoms with van der Waals surface area (Å²) in [6.45, 7) is 6.44. The van der Waals surface area contributed by atoms with Gasteiger partial charge in [0, 0.05) is 12.6 Å². The topological polar surface area (TPSA) is 21.3 Å². The SMILES string of the molecule is CCCC(NCC)C1CCCCO1. The van der Waals surface area contributed by atoms with Crippen molar-refractivity contribution in [1.29, 1.82) is 0 Å². The van der Waals surface area contributed by atoms with E-state index in [-0.39, 0.29) is 0 Å². The van der Waals surface area contributed by atoms with Crippen molar-refractivity contribution in [2.24, 2.45) is 0 Å². The number of hydrogen-bond acceptors (Lipinski definition) is 2. The molecule has 1 aliphatic heterocycles. The van der Waals surface area contributed by atoms with E-state index in [2.05, 4.69) is 19.2 Å². The van der Waals surface area contributed by atoms with Crippen molar-refractivity contribution >= 4 is 0 Å². The van der Waals surface area contributed by atoms with Crippen molar-refractivity contribution in [3.63, 3.8) is 0 Å². The zero-order valence-corrected chi connectivity index (χ0v) is 9.01. The molecule has 0 aromatic rings. The first kappa shape index (κ1) is 11.0. The third-order valence-electron chi connectivity index (χ3n) is 2.73. The van der Waals surface area contributed by atoms with Crippen LogP contribution in [0.3, 0.4) is 0 Å². The van der Waals surface area contributed by atoms with Crippen LogP contribution in [0.1, 0.15) is 46.0 Å². The van der Waals surface area contributed by atoms with Crippen molar-refractivity contribution < 1.29 is 4.74 Å². The first-order valence-electron chi connectivity index (χ1n) is 5.73. The first-order valence-corrected chi connectivity index (χ1v) is 5.73. The molecule has 13 heavy (non-hydrogen) atoms. The molecule has 0 bridgehead atoms. The van der Waals surface area contributed by atoms with E-state index in [1.54, 1.807) is 0 Å². The van der Waals surface area contributed by atoms with E-state index in [9.17, 15) is 0 Å². The Morgan fingerprint density at radius 1 is 1.38 bits per heavy atom. The fraction of sp³-hybridized carbons (Fsp3) is 1.00. The molecular weight excluding hydrogens is 162 g/mol. The van der Waals surface area contributed by atoms with Gasteiger partial charge in [-0.15, -0.1) is 0 Å². The molecular formula is C11H23NO. The van der Waals surface area contributed by atoms with Crippen molar-refractivity contribution in [2.45, 2.75) is 58.1 Å². The molecule has 1 fully saturated rings. The van der Waals surface area contributed by atoms with Crippen molar-refractivity contribution in [3.05, 3.63) is 0 Å². The van der Waals surface area contributed by atoms with Crippen LogP contribution >= 0.6 is 0 Å². The summed E-state index contributed by atoms with van der Waals surface area (Å²) >= 11 is 0. The summed E-state index contributed by atoms with van der Waals surface area (Å²) in [6.07, 6.45) is 6.82. The second-order valence-corrected chi connectivity index (χ2v) is 3.86. The van der Waals surface area contributed by atoms with Gasteiger partial charge in [0.1, 0.15) is 0 Å². The lowest BCUT2D eigenvalue weighted by atomic mass is 9.98. The molecule has 1 rings (SSSR count). The lowest BCUT2D eigenvalue weighted by Gasteiger charge is -2.30. The molecule has 0 amide bonds. The van der Waals surface area contributed by atoms with E-state index in [0.29, 0.717) is 12.1 Å². The van der Waals surface area contributed by atoms with Gasteiger partial charge in [-0.05, 0) is 32.2 Å². The van der Waals surface area contributed by atoms with Crippen LogP contribution in [-0.2, 0) is 4.74 Å². The summed E-state index contributed by atoms with van der Waals surface area (Å²) in [5.41, 5.74) is 0. The van der Waals surface area contributed by atoms with Gasteiger partial charge in [-0.3, -0.25) is 0 Å². The lowest BCUT2D eigenvalue weighted by molar-refractivity contribution is -0.00905. The Kier molecular flexibility index (Phi) is 5.40. The molecule has 1 aliphatic rings. The van der Waals surface area contributed by atoms with Gasteiger partial charge >= 0.3 is 0 Å². The molecule has 0 spiro atoms. The van der Waals surface area contributed by atoms with Crippen molar-refractivity contribution in [3.8, 4) is 0 Å². The molecule has 2 nitrogen and oxygen atoms in total. The van der Waals surface area contributed by atoms with Crippen LogP contribution in [0.4, 0.5) is 0 Å². The fourth-order valence-electron chi connectivity index (χ4n) is 2.08. The minimum Gasteiger partial charge on any atom is -0.377 e. The van der Waals surface area contributed by atoms with Gasteiger partial charge in [-0.25, -0.2) is 0 Å². The number of ether oxygens (including phenoxy) is 1. The second-order valence-electron chi connectivity index (χ2n) is 3.86. The highest BCUT2D eigenvalue weighted by Gasteiger charge is 2.22. The molecule has 1 heterocycles. The van der Waals surface area contributed by atoms with Gasteiger partial charge < -0.3 is 10.1 Å². The molecule has 78 valence electrons. The largest absolute Gasteiger partial charge is 0.377 e. The summed E-state index contributed by atoms with van der Waals surface area (Å²) in [5, 5.41) is 3.53. The van der Waals surface area contributed by atoms with E-state index in [4.69, 9.17) is 4.74 Å². The zero-order chi connectivity index (χ0) is 9.52. The van der Waals surface area contributed by atoms with Crippen LogP contribution in [-0.4, -0.2) is 25.3 Å². The Morgan fingerprint density at radius 2 is 2.23 bits per heavy atom. The quantitative estimate of drug-likeness (QED) is 0.710. The Balaban J connectivity index is 2.32. The van der Waals surface area contributed by atoms with Gasteiger partial charge in [-0.2, -0.15) is 0 Å². The molecule has 0 aliphatic carbocycles. The maximum Gasteiger partial charge on any atom is 0.0728 e. The molecule has 1 N–H and O–H groups in total. The number of nitrogens with one attached hydrogen (secondary N) is 1. The standard InChI is InChI=1S/C11H23NO/c1-3-7-10(12-4-2)11-8-5-6-9-13-11/h10-12H,3-9H2,1-2H3. The third-order valence-corrected chi connectivity index (χ3v) is 2.73. The van der Waals surface area contributed by atoms with Gasteiger partial charge in [0.25, 0.3) is 0 Å². The van der Waals surface area contributed by atoms with Crippen LogP contribution in [0, 0.1) is 0 Å². The molecule has 0 aromatic carbocycles. The molecule has 2 heteroatoms. The summed E-state index contributed by atoms with van der Waals surface area (Å²) in [6, 6.07) is 0.593. The minimum atomic E-state index is 0.480. The number of hydrogen-bond donors (Lipinski definition) is 1. The molecule has 0 radical (unpaired) electrons. The average molecular weight is 185 g/mol. The predicted molar refractivity (Wildman–Crippen MR) is 56.0 cm³/mol. The Hall–Kier alpha value is -0.0800.